The van der Waals surface area contributed by atoms with Crippen molar-refractivity contribution < 1.29 is 14.2 Å². The molecular weight excluding hydrogens is 364 g/mol. The number of nitrogens with zero attached hydrogens (tertiary/aromatic N) is 2. The second kappa shape index (κ2) is 10.6. The average Bonchev–Trinajstić information content (AvgIpc) is 3.10. The van der Waals surface area contributed by atoms with Crippen molar-refractivity contribution in [3.8, 4) is 17.2 Å². The number of guanidine groups is 1. The highest BCUT2D eigenvalue weighted by atomic mass is 32.1. The Morgan fingerprint density at radius 3 is 2.33 bits per heavy atom. The van der Waals surface area contributed by atoms with Gasteiger partial charge in [-0.1, -0.05) is 0 Å². The van der Waals surface area contributed by atoms with Crippen LogP contribution in [0.5, 0.6) is 17.2 Å². The Morgan fingerprint density at radius 2 is 1.81 bits per heavy atom. The molecule has 27 heavy (non-hydrogen) atoms. The van der Waals surface area contributed by atoms with E-state index < -0.39 is 0 Å². The highest BCUT2D eigenvalue weighted by Gasteiger charge is 2.13. The third-order valence-electron chi connectivity index (χ3n) is 3.90. The lowest BCUT2D eigenvalue weighted by atomic mass is 10.1. The van der Waals surface area contributed by atoms with Crippen LogP contribution in [0.3, 0.4) is 0 Å². The van der Waals surface area contributed by atoms with Gasteiger partial charge in [-0.15, -0.1) is 11.3 Å². The first-order valence-electron chi connectivity index (χ1n) is 8.83. The Hall–Kier alpha value is -2.48. The second-order valence-electron chi connectivity index (χ2n) is 5.74. The zero-order valence-corrected chi connectivity index (χ0v) is 17.4. The van der Waals surface area contributed by atoms with E-state index in [1.165, 1.54) is 0 Å². The molecule has 0 saturated heterocycles. The summed E-state index contributed by atoms with van der Waals surface area (Å²) in [5.74, 6) is 2.79. The molecule has 1 aromatic heterocycles. The number of hydrogen-bond donors (Lipinski definition) is 2. The molecule has 0 bridgehead atoms. The topological polar surface area (TPSA) is 77.0 Å². The predicted molar refractivity (Wildman–Crippen MR) is 109 cm³/mol. The summed E-state index contributed by atoms with van der Waals surface area (Å²) in [6, 6.07) is 3.66. The van der Waals surface area contributed by atoms with Gasteiger partial charge in [-0.2, -0.15) is 0 Å². The van der Waals surface area contributed by atoms with Gasteiger partial charge in [0.1, 0.15) is 17.2 Å². The number of hydrogen-bond acceptors (Lipinski definition) is 6. The van der Waals surface area contributed by atoms with E-state index in [1.54, 1.807) is 32.7 Å². The SMILES string of the molecule is CCNC(=NCc1c(OC)cc(OC)cc1OC)NCCc1csc(C)n1. The molecule has 0 amide bonds. The molecule has 1 aromatic carbocycles. The van der Waals surface area contributed by atoms with Crippen LogP contribution in [0.25, 0.3) is 0 Å². The van der Waals surface area contributed by atoms with Crippen LogP contribution >= 0.6 is 11.3 Å². The molecule has 0 unspecified atom stereocenters. The fourth-order valence-corrected chi connectivity index (χ4v) is 3.21. The van der Waals surface area contributed by atoms with Crippen LogP contribution in [0.1, 0.15) is 23.2 Å². The maximum absolute atomic E-state index is 5.49. The first-order valence-corrected chi connectivity index (χ1v) is 9.71. The summed E-state index contributed by atoms with van der Waals surface area (Å²) in [4.78, 5) is 9.15. The standard InChI is InChI=1S/C19H28N4O3S/c1-6-20-19(21-8-7-14-12-27-13(2)23-14)22-11-16-17(25-4)9-15(24-3)10-18(16)26-5/h9-10,12H,6-8,11H2,1-5H3,(H2,20,21,22). The molecule has 0 fully saturated rings. The Kier molecular flexibility index (Phi) is 8.19. The number of aromatic nitrogens is 1. The highest BCUT2D eigenvalue weighted by molar-refractivity contribution is 7.09. The minimum absolute atomic E-state index is 0.418. The van der Waals surface area contributed by atoms with E-state index in [0.29, 0.717) is 23.8 Å². The predicted octanol–water partition coefficient (Wildman–Crippen LogP) is 2.78. The number of thiazole rings is 1. The summed E-state index contributed by atoms with van der Waals surface area (Å²) in [7, 11) is 4.87. The molecule has 0 atom stereocenters. The van der Waals surface area contributed by atoms with Crippen molar-refractivity contribution >= 4 is 17.3 Å². The summed E-state index contributed by atoms with van der Waals surface area (Å²) >= 11 is 1.67. The van der Waals surface area contributed by atoms with Crippen molar-refractivity contribution in [1.29, 1.82) is 0 Å². The van der Waals surface area contributed by atoms with Crippen molar-refractivity contribution in [2.24, 2.45) is 4.99 Å². The maximum Gasteiger partial charge on any atom is 0.191 e. The summed E-state index contributed by atoms with van der Waals surface area (Å²) in [6.07, 6.45) is 0.851. The van der Waals surface area contributed by atoms with Crippen molar-refractivity contribution in [3.63, 3.8) is 0 Å². The normalized spacial score (nSPS) is 11.2. The zero-order chi connectivity index (χ0) is 19.6. The summed E-state index contributed by atoms with van der Waals surface area (Å²) in [6.45, 7) is 6.00. The van der Waals surface area contributed by atoms with Gasteiger partial charge in [-0.05, 0) is 13.8 Å². The van der Waals surface area contributed by atoms with E-state index in [-0.39, 0.29) is 0 Å². The molecule has 0 saturated carbocycles. The third kappa shape index (κ3) is 6.02. The largest absolute Gasteiger partial charge is 0.496 e. The zero-order valence-electron chi connectivity index (χ0n) is 16.6. The van der Waals surface area contributed by atoms with Gasteiger partial charge in [-0.25, -0.2) is 9.98 Å². The molecule has 7 nitrogen and oxygen atoms in total. The first-order chi connectivity index (χ1) is 13.1. The van der Waals surface area contributed by atoms with Crippen molar-refractivity contribution in [3.05, 3.63) is 33.8 Å². The lowest BCUT2D eigenvalue weighted by Gasteiger charge is -2.15. The molecule has 0 radical (unpaired) electrons. The van der Waals surface area contributed by atoms with E-state index in [0.717, 1.165) is 41.7 Å². The highest BCUT2D eigenvalue weighted by Crippen LogP contribution is 2.34. The number of nitrogens with one attached hydrogen (secondary N) is 2. The van der Waals surface area contributed by atoms with Crippen LogP contribution in [-0.4, -0.2) is 45.4 Å². The van der Waals surface area contributed by atoms with E-state index >= 15 is 0 Å². The number of aryl methyl sites for hydroxylation is 1. The molecule has 2 aromatic rings. The molecule has 2 rings (SSSR count). The third-order valence-corrected chi connectivity index (χ3v) is 4.72. The average molecular weight is 393 g/mol. The molecule has 0 aliphatic rings. The van der Waals surface area contributed by atoms with Gasteiger partial charge in [0.05, 0.1) is 44.1 Å². The summed E-state index contributed by atoms with van der Waals surface area (Å²) in [5.41, 5.74) is 1.97. The molecule has 8 heteroatoms. The number of aliphatic imine (C=N–C) groups is 1. The fraction of sp³-hybridized carbons (Fsp3) is 0.474. The molecule has 0 spiro atoms. The Bertz CT molecular complexity index is 736. The number of methoxy groups -OCH3 is 3. The van der Waals surface area contributed by atoms with Gasteiger partial charge in [0.15, 0.2) is 5.96 Å². The molecule has 0 aliphatic heterocycles. The second-order valence-corrected chi connectivity index (χ2v) is 6.80. The van der Waals surface area contributed by atoms with Crippen molar-refractivity contribution in [1.82, 2.24) is 15.6 Å². The lowest BCUT2D eigenvalue weighted by Crippen LogP contribution is -2.38. The van der Waals surface area contributed by atoms with Crippen LogP contribution in [0.15, 0.2) is 22.5 Å². The van der Waals surface area contributed by atoms with Crippen LogP contribution < -0.4 is 24.8 Å². The van der Waals surface area contributed by atoms with Crippen LogP contribution in [0.4, 0.5) is 0 Å². The summed E-state index contributed by atoms with van der Waals surface area (Å²) < 4.78 is 16.3. The lowest BCUT2D eigenvalue weighted by molar-refractivity contribution is 0.369. The van der Waals surface area contributed by atoms with Crippen LogP contribution in [0.2, 0.25) is 0 Å². The van der Waals surface area contributed by atoms with E-state index in [4.69, 9.17) is 14.2 Å². The Morgan fingerprint density at radius 1 is 1.11 bits per heavy atom. The van der Waals surface area contributed by atoms with E-state index in [2.05, 4.69) is 26.0 Å². The quantitative estimate of drug-likeness (QED) is 0.505. The molecule has 0 aliphatic carbocycles. The van der Waals surface area contributed by atoms with Crippen molar-refractivity contribution in [2.45, 2.75) is 26.8 Å². The van der Waals surface area contributed by atoms with Crippen molar-refractivity contribution in [2.75, 3.05) is 34.4 Å². The first kappa shape index (κ1) is 20.8. The van der Waals surface area contributed by atoms with Gasteiger partial charge in [0.25, 0.3) is 0 Å². The number of ether oxygens (including phenoxy) is 3. The van der Waals surface area contributed by atoms with Crippen LogP contribution in [-0.2, 0) is 13.0 Å². The summed E-state index contributed by atoms with van der Waals surface area (Å²) in [5, 5.41) is 9.78. The fourth-order valence-electron chi connectivity index (χ4n) is 2.57. The molecular formula is C19H28N4O3S. The van der Waals surface area contributed by atoms with Crippen LogP contribution in [0, 0.1) is 6.92 Å². The van der Waals surface area contributed by atoms with Gasteiger partial charge in [0.2, 0.25) is 0 Å². The van der Waals surface area contributed by atoms with E-state index in [9.17, 15) is 0 Å². The molecule has 148 valence electrons. The minimum atomic E-state index is 0.418. The molecule has 1 heterocycles. The minimum Gasteiger partial charge on any atom is -0.496 e. The van der Waals surface area contributed by atoms with Gasteiger partial charge < -0.3 is 24.8 Å². The monoisotopic (exact) mass is 392 g/mol. The number of rotatable bonds is 9. The maximum atomic E-state index is 5.49. The smallest absolute Gasteiger partial charge is 0.191 e. The number of benzene rings is 1. The van der Waals surface area contributed by atoms with Gasteiger partial charge in [-0.3, -0.25) is 0 Å². The Labute approximate surface area is 164 Å². The van der Waals surface area contributed by atoms with E-state index in [1.807, 2.05) is 26.0 Å². The Balaban J connectivity index is 2.08. The van der Waals surface area contributed by atoms with Gasteiger partial charge in [0, 0.05) is 37.0 Å². The van der Waals surface area contributed by atoms with Gasteiger partial charge >= 0.3 is 0 Å². The molecule has 2 N–H and O–H groups in total.